The lowest BCUT2D eigenvalue weighted by Crippen LogP contribution is -2.45. The average Bonchev–Trinajstić information content (AvgIpc) is 2.86. The number of ether oxygens (including phenoxy) is 1. The zero-order valence-electron chi connectivity index (χ0n) is 20.2. The van der Waals surface area contributed by atoms with Crippen LogP contribution in [0.2, 0.25) is 0 Å². The molecule has 0 saturated carbocycles. The third kappa shape index (κ3) is 7.26. The van der Waals surface area contributed by atoms with E-state index >= 15 is 0 Å². The first-order valence-corrected chi connectivity index (χ1v) is 12.4. The highest BCUT2D eigenvalue weighted by Crippen LogP contribution is 2.29. The highest BCUT2D eigenvalue weighted by atomic mass is 19.1. The second-order valence-corrected chi connectivity index (χ2v) is 9.51. The first-order valence-electron chi connectivity index (χ1n) is 12.4. The Labute approximate surface area is 210 Å². The van der Waals surface area contributed by atoms with E-state index in [1.165, 1.54) is 30.3 Å². The maximum Gasteiger partial charge on any atom is 0.126 e. The van der Waals surface area contributed by atoms with Crippen LogP contribution in [0.1, 0.15) is 36.0 Å². The molecule has 0 fully saturated rings. The van der Waals surface area contributed by atoms with Crippen molar-refractivity contribution in [1.82, 2.24) is 4.90 Å². The van der Waals surface area contributed by atoms with Crippen LogP contribution in [-0.2, 0) is 19.4 Å². The van der Waals surface area contributed by atoms with Gasteiger partial charge in [-0.15, -0.1) is 0 Å². The first-order chi connectivity index (χ1) is 17.4. The van der Waals surface area contributed by atoms with E-state index < -0.39 is 24.1 Å². The Morgan fingerprint density at radius 1 is 0.944 bits per heavy atom. The van der Waals surface area contributed by atoms with E-state index in [-0.39, 0.29) is 11.6 Å². The first kappa shape index (κ1) is 26.1. The molecule has 0 bridgehead atoms. The summed E-state index contributed by atoms with van der Waals surface area (Å²) in [5.74, 6) is -0.0468. The minimum absolute atomic E-state index is 0.0523. The zero-order valence-corrected chi connectivity index (χ0v) is 20.2. The number of hydrogen-bond donors (Lipinski definition) is 3. The third-order valence-electron chi connectivity index (χ3n) is 6.62. The van der Waals surface area contributed by atoms with Crippen LogP contribution >= 0.6 is 0 Å². The quantitative estimate of drug-likeness (QED) is 0.361. The van der Waals surface area contributed by atoms with Gasteiger partial charge in [0.1, 0.15) is 35.3 Å². The standard InChI is InChI=1S/C29H33F2NO4/c30-23-10-12-26(34)21(15-23)7-4-8-25(33)18-32(17-20-5-2-1-3-6-20)19-27(35)29-13-9-22-16-24(31)11-14-28(22)36-29/h1-3,5-6,10-12,14-16,25,27,29,33-35H,4,7-9,13,17-19H2. The van der Waals surface area contributed by atoms with Crippen LogP contribution in [0, 0.1) is 11.6 Å². The summed E-state index contributed by atoms with van der Waals surface area (Å²) in [6.45, 7) is 1.20. The molecule has 0 amide bonds. The van der Waals surface area contributed by atoms with E-state index in [0.717, 1.165) is 11.1 Å². The highest BCUT2D eigenvalue weighted by molar-refractivity contribution is 5.36. The SMILES string of the molecule is Oc1ccc(F)cc1CCCC(O)CN(Cc1ccccc1)CC(O)C1CCc2cc(F)ccc2O1. The van der Waals surface area contributed by atoms with E-state index in [2.05, 4.69) is 0 Å². The van der Waals surface area contributed by atoms with Crippen molar-refractivity contribution in [2.24, 2.45) is 0 Å². The molecule has 5 nitrogen and oxygen atoms in total. The van der Waals surface area contributed by atoms with E-state index in [0.29, 0.717) is 63.1 Å². The van der Waals surface area contributed by atoms with E-state index in [1.54, 1.807) is 6.07 Å². The highest BCUT2D eigenvalue weighted by Gasteiger charge is 2.28. The fourth-order valence-electron chi connectivity index (χ4n) is 4.75. The summed E-state index contributed by atoms with van der Waals surface area (Å²) in [5, 5.41) is 31.7. The summed E-state index contributed by atoms with van der Waals surface area (Å²) in [6, 6.07) is 18.1. The second-order valence-electron chi connectivity index (χ2n) is 9.51. The Morgan fingerprint density at radius 2 is 1.69 bits per heavy atom. The lowest BCUT2D eigenvalue weighted by atomic mass is 9.98. The molecule has 1 aliphatic heterocycles. The predicted molar refractivity (Wildman–Crippen MR) is 134 cm³/mol. The number of rotatable bonds is 11. The van der Waals surface area contributed by atoms with Gasteiger partial charge < -0.3 is 20.1 Å². The van der Waals surface area contributed by atoms with Crippen molar-refractivity contribution < 1.29 is 28.8 Å². The molecule has 3 atom stereocenters. The molecular weight excluding hydrogens is 464 g/mol. The molecule has 4 rings (SSSR count). The predicted octanol–water partition coefficient (Wildman–Crippen LogP) is 4.61. The molecule has 0 saturated heterocycles. The molecule has 0 spiro atoms. The summed E-state index contributed by atoms with van der Waals surface area (Å²) in [5.41, 5.74) is 2.39. The molecule has 0 aromatic heterocycles. The van der Waals surface area contributed by atoms with Crippen LogP contribution in [0.4, 0.5) is 8.78 Å². The second kappa shape index (κ2) is 12.3. The van der Waals surface area contributed by atoms with Crippen LogP contribution in [0.3, 0.4) is 0 Å². The van der Waals surface area contributed by atoms with Gasteiger partial charge in [0.2, 0.25) is 0 Å². The number of halogens is 2. The number of fused-ring (bicyclic) bond motifs is 1. The molecule has 1 aliphatic rings. The van der Waals surface area contributed by atoms with Gasteiger partial charge in [-0.2, -0.15) is 0 Å². The zero-order chi connectivity index (χ0) is 25.5. The fraction of sp³-hybridized carbons (Fsp3) is 0.379. The molecule has 36 heavy (non-hydrogen) atoms. The molecule has 0 aliphatic carbocycles. The molecule has 7 heteroatoms. The minimum Gasteiger partial charge on any atom is -0.508 e. The van der Waals surface area contributed by atoms with Gasteiger partial charge in [0, 0.05) is 19.6 Å². The van der Waals surface area contributed by atoms with E-state index in [4.69, 9.17) is 4.74 Å². The Bertz CT molecular complexity index is 1130. The molecule has 192 valence electrons. The number of aliphatic hydroxyl groups excluding tert-OH is 2. The van der Waals surface area contributed by atoms with Gasteiger partial charge in [0.05, 0.1) is 6.10 Å². The molecule has 3 aromatic rings. The van der Waals surface area contributed by atoms with E-state index in [1.807, 2.05) is 35.2 Å². The lowest BCUT2D eigenvalue weighted by Gasteiger charge is -2.33. The maximum absolute atomic E-state index is 13.5. The molecule has 3 unspecified atom stereocenters. The Hall–Kier alpha value is -3.00. The molecule has 1 heterocycles. The molecule has 3 aromatic carbocycles. The van der Waals surface area contributed by atoms with Crippen LogP contribution in [0.15, 0.2) is 66.7 Å². The molecular formula is C29H33F2NO4. The number of nitrogens with zero attached hydrogens (tertiary/aromatic N) is 1. The summed E-state index contributed by atoms with van der Waals surface area (Å²) in [4.78, 5) is 2.01. The van der Waals surface area contributed by atoms with Gasteiger partial charge >= 0.3 is 0 Å². The van der Waals surface area contributed by atoms with Crippen molar-refractivity contribution >= 4 is 0 Å². The van der Waals surface area contributed by atoms with Crippen molar-refractivity contribution in [3.8, 4) is 11.5 Å². The Balaban J connectivity index is 1.35. The number of benzene rings is 3. The number of hydrogen-bond acceptors (Lipinski definition) is 5. The van der Waals surface area contributed by atoms with Gasteiger partial charge in [-0.1, -0.05) is 30.3 Å². The number of aromatic hydroxyl groups is 1. The Morgan fingerprint density at radius 3 is 2.50 bits per heavy atom. The summed E-state index contributed by atoms with van der Waals surface area (Å²) in [6.07, 6.45) is 0.845. The van der Waals surface area contributed by atoms with Gasteiger partial charge in [0.15, 0.2) is 0 Å². The normalized spacial score (nSPS) is 16.9. The largest absolute Gasteiger partial charge is 0.508 e. The number of phenols is 1. The van der Waals surface area contributed by atoms with Gasteiger partial charge in [-0.3, -0.25) is 4.90 Å². The smallest absolute Gasteiger partial charge is 0.126 e. The summed E-state index contributed by atoms with van der Waals surface area (Å²) in [7, 11) is 0. The van der Waals surface area contributed by atoms with Crippen molar-refractivity contribution in [3.05, 3.63) is 95.1 Å². The van der Waals surface area contributed by atoms with E-state index in [9.17, 15) is 24.1 Å². The monoisotopic (exact) mass is 497 g/mol. The topological polar surface area (TPSA) is 73.2 Å². The van der Waals surface area contributed by atoms with Crippen LogP contribution in [0.5, 0.6) is 11.5 Å². The van der Waals surface area contributed by atoms with Gasteiger partial charge in [-0.05, 0) is 85.2 Å². The maximum atomic E-state index is 13.5. The van der Waals surface area contributed by atoms with Crippen molar-refractivity contribution in [3.63, 3.8) is 0 Å². The number of aliphatic hydroxyl groups is 2. The summed E-state index contributed by atoms with van der Waals surface area (Å²) < 4.78 is 33.0. The van der Waals surface area contributed by atoms with Gasteiger partial charge in [0.25, 0.3) is 0 Å². The van der Waals surface area contributed by atoms with Crippen molar-refractivity contribution in [2.45, 2.75) is 57.0 Å². The third-order valence-corrected chi connectivity index (χ3v) is 6.62. The minimum atomic E-state index is -0.789. The van der Waals surface area contributed by atoms with Crippen molar-refractivity contribution in [2.75, 3.05) is 13.1 Å². The number of phenolic OH excluding ortho intramolecular Hbond substituents is 1. The molecule has 0 radical (unpaired) electrons. The lowest BCUT2D eigenvalue weighted by molar-refractivity contribution is -0.00914. The fourth-order valence-corrected chi connectivity index (χ4v) is 4.75. The number of aryl methyl sites for hydroxylation is 2. The van der Waals surface area contributed by atoms with Crippen molar-refractivity contribution in [1.29, 1.82) is 0 Å². The van der Waals surface area contributed by atoms with Crippen LogP contribution in [-0.4, -0.2) is 51.6 Å². The Kier molecular flexibility index (Phi) is 8.91. The molecule has 3 N–H and O–H groups in total. The summed E-state index contributed by atoms with van der Waals surface area (Å²) >= 11 is 0. The van der Waals surface area contributed by atoms with Gasteiger partial charge in [-0.25, -0.2) is 8.78 Å². The van der Waals surface area contributed by atoms with Crippen LogP contribution in [0.25, 0.3) is 0 Å². The van der Waals surface area contributed by atoms with Crippen LogP contribution < -0.4 is 4.74 Å². The average molecular weight is 498 g/mol.